The summed E-state index contributed by atoms with van der Waals surface area (Å²) >= 11 is 0. The van der Waals surface area contributed by atoms with E-state index in [2.05, 4.69) is 15.3 Å². The molecular weight excluding hydrogens is 356 g/mol. The number of ether oxygens (including phenoxy) is 1. The molecule has 0 radical (unpaired) electrons. The summed E-state index contributed by atoms with van der Waals surface area (Å²) in [6.07, 6.45) is 1.21. The van der Waals surface area contributed by atoms with Gasteiger partial charge in [0.05, 0.1) is 17.6 Å². The molecule has 0 spiro atoms. The number of benzene rings is 2. The standard InChI is InChI=1S/C21H22N4O3/c1-25(13-19-23-16-8-2-3-9-17(16)24-19)21(27)14-6-4-7-15(12-14)22-20(26)18-10-5-11-28-18/h2-4,6-9,12,18H,5,10-11,13H2,1H3,(H,22,26)(H,23,24)/t18-/m1/s1. The fraction of sp³-hybridized carbons (Fsp3) is 0.286. The highest BCUT2D eigenvalue weighted by Gasteiger charge is 2.23. The Hall–Kier alpha value is -3.19. The summed E-state index contributed by atoms with van der Waals surface area (Å²) in [5.74, 6) is 0.409. The number of rotatable bonds is 5. The van der Waals surface area contributed by atoms with E-state index in [0.29, 0.717) is 24.4 Å². The quantitative estimate of drug-likeness (QED) is 0.715. The van der Waals surface area contributed by atoms with Crippen LogP contribution in [0, 0.1) is 0 Å². The van der Waals surface area contributed by atoms with Crippen molar-refractivity contribution in [2.45, 2.75) is 25.5 Å². The molecule has 2 N–H and O–H groups in total. The van der Waals surface area contributed by atoms with Crippen molar-refractivity contribution in [2.75, 3.05) is 19.0 Å². The maximum Gasteiger partial charge on any atom is 0.254 e. The second kappa shape index (κ2) is 7.82. The van der Waals surface area contributed by atoms with E-state index in [1.807, 2.05) is 24.3 Å². The third kappa shape index (κ3) is 3.89. The zero-order valence-electron chi connectivity index (χ0n) is 15.6. The molecule has 1 saturated heterocycles. The molecule has 2 amide bonds. The van der Waals surface area contributed by atoms with E-state index in [1.165, 1.54) is 0 Å². The van der Waals surface area contributed by atoms with Crippen molar-refractivity contribution in [1.82, 2.24) is 14.9 Å². The van der Waals surface area contributed by atoms with E-state index in [0.717, 1.165) is 29.7 Å². The number of para-hydroxylation sites is 2. The summed E-state index contributed by atoms with van der Waals surface area (Å²) in [5.41, 5.74) is 2.90. The van der Waals surface area contributed by atoms with Crippen molar-refractivity contribution in [3.8, 4) is 0 Å². The van der Waals surface area contributed by atoms with E-state index in [-0.39, 0.29) is 11.8 Å². The van der Waals surface area contributed by atoms with E-state index < -0.39 is 6.10 Å². The number of carbonyl (C=O) groups excluding carboxylic acids is 2. The summed E-state index contributed by atoms with van der Waals surface area (Å²) in [4.78, 5) is 34.3. The first kappa shape index (κ1) is 18.2. The molecule has 1 aromatic heterocycles. The van der Waals surface area contributed by atoms with Crippen LogP contribution in [0.25, 0.3) is 11.0 Å². The molecule has 7 heteroatoms. The fourth-order valence-electron chi connectivity index (χ4n) is 3.33. The van der Waals surface area contributed by atoms with Crippen LogP contribution < -0.4 is 5.32 Å². The number of nitrogens with zero attached hydrogens (tertiary/aromatic N) is 2. The van der Waals surface area contributed by atoms with E-state index >= 15 is 0 Å². The van der Waals surface area contributed by atoms with Crippen molar-refractivity contribution in [3.05, 3.63) is 59.9 Å². The second-order valence-electron chi connectivity index (χ2n) is 6.93. The smallest absolute Gasteiger partial charge is 0.254 e. The van der Waals surface area contributed by atoms with Gasteiger partial charge in [0.2, 0.25) is 0 Å². The Labute approximate surface area is 162 Å². The Morgan fingerprint density at radius 2 is 2.11 bits per heavy atom. The van der Waals surface area contributed by atoms with E-state index in [9.17, 15) is 9.59 Å². The van der Waals surface area contributed by atoms with Crippen LogP contribution in [0.5, 0.6) is 0 Å². The Balaban J connectivity index is 1.43. The van der Waals surface area contributed by atoms with Crippen LogP contribution in [0.3, 0.4) is 0 Å². The van der Waals surface area contributed by atoms with Gasteiger partial charge in [-0.2, -0.15) is 0 Å². The summed E-state index contributed by atoms with van der Waals surface area (Å²) in [6.45, 7) is 0.975. The zero-order chi connectivity index (χ0) is 19.5. The molecule has 3 aromatic rings. The Morgan fingerprint density at radius 3 is 2.89 bits per heavy atom. The van der Waals surface area contributed by atoms with Crippen LogP contribution in [0.2, 0.25) is 0 Å². The lowest BCUT2D eigenvalue weighted by Gasteiger charge is -2.17. The highest BCUT2D eigenvalue weighted by Crippen LogP contribution is 2.18. The zero-order valence-corrected chi connectivity index (χ0v) is 15.6. The number of imidazole rings is 1. The van der Waals surface area contributed by atoms with Gasteiger partial charge in [-0.15, -0.1) is 0 Å². The molecule has 1 aliphatic heterocycles. The van der Waals surface area contributed by atoms with Gasteiger partial charge in [-0.25, -0.2) is 4.98 Å². The molecule has 1 aliphatic rings. The predicted molar refractivity (Wildman–Crippen MR) is 106 cm³/mol. The van der Waals surface area contributed by atoms with Gasteiger partial charge in [-0.1, -0.05) is 18.2 Å². The van der Waals surface area contributed by atoms with E-state index in [4.69, 9.17) is 4.74 Å². The number of aromatic nitrogens is 2. The topological polar surface area (TPSA) is 87.3 Å². The second-order valence-corrected chi connectivity index (χ2v) is 6.93. The molecule has 0 aliphatic carbocycles. The van der Waals surface area contributed by atoms with Crippen molar-refractivity contribution in [3.63, 3.8) is 0 Å². The highest BCUT2D eigenvalue weighted by molar-refractivity contribution is 5.98. The molecule has 1 fully saturated rings. The molecule has 0 bridgehead atoms. The van der Waals surface area contributed by atoms with Crippen LogP contribution in [0.4, 0.5) is 5.69 Å². The lowest BCUT2D eigenvalue weighted by atomic mass is 10.1. The molecule has 28 heavy (non-hydrogen) atoms. The SMILES string of the molecule is CN(Cc1nc2ccccc2[nH]1)C(=O)c1cccc(NC(=O)[C@H]2CCCO2)c1. The molecule has 144 valence electrons. The summed E-state index contributed by atoms with van der Waals surface area (Å²) in [6, 6.07) is 14.7. The third-order valence-electron chi connectivity index (χ3n) is 4.77. The van der Waals surface area contributed by atoms with E-state index in [1.54, 1.807) is 36.2 Å². The average Bonchev–Trinajstić information content (AvgIpc) is 3.37. The monoisotopic (exact) mass is 378 g/mol. The van der Waals surface area contributed by atoms with Crippen molar-refractivity contribution in [2.24, 2.45) is 0 Å². The van der Waals surface area contributed by atoms with Gasteiger partial charge in [0.15, 0.2) is 0 Å². The molecule has 4 rings (SSSR count). The van der Waals surface area contributed by atoms with Gasteiger partial charge in [-0.05, 0) is 43.2 Å². The maximum atomic E-state index is 12.8. The number of amides is 2. The maximum absolute atomic E-state index is 12.8. The molecule has 0 unspecified atom stereocenters. The molecule has 2 aromatic carbocycles. The van der Waals surface area contributed by atoms with Crippen LogP contribution in [0.15, 0.2) is 48.5 Å². The van der Waals surface area contributed by atoms with Gasteiger partial charge in [0.25, 0.3) is 11.8 Å². The summed E-state index contributed by atoms with van der Waals surface area (Å²) in [5, 5.41) is 2.83. The molecule has 7 nitrogen and oxygen atoms in total. The highest BCUT2D eigenvalue weighted by atomic mass is 16.5. The lowest BCUT2D eigenvalue weighted by molar-refractivity contribution is -0.124. The van der Waals surface area contributed by atoms with Gasteiger partial charge < -0.3 is 19.9 Å². The number of nitrogens with one attached hydrogen (secondary N) is 2. The van der Waals surface area contributed by atoms with Gasteiger partial charge in [-0.3, -0.25) is 9.59 Å². The van der Waals surface area contributed by atoms with Gasteiger partial charge in [0.1, 0.15) is 11.9 Å². The minimum absolute atomic E-state index is 0.145. The number of anilines is 1. The number of fused-ring (bicyclic) bond motifs is 1. The number of hydrogen-bond donors (Lipinski definition) is 2. The summed E-state index contributed by atoms with van der Waals surface area (Å²) < 4.78 is 5.40. The number of H-pyrrole nitrogens is 1. The molecular formula is C21H22N4O3. The first-order chi connectivity index (χ1) is 13.6. The third-order valence-corrected chi connectivity index (χ3v) is 4.77. The lowest BCUT2D eigenvalue weighted by Crippen LogP contribution is -2.28. The average molecular weight is 378 g/mol. The van der Waals surface area contributed by atoms with Crippen LogP contribution in [-0.4, -0.2) is 46.4 Å². The van der Waals surface area contributed by atoms with Crippen molar-refractivity contribution in [1.29, 1.82) is 0 Å². The van der Waals surface area contributed by atoms with Crippen LogP contribution >= 0.6 is 0 Å². The molecule has 0 saturated carbocycles. The summed E-state index contributed by atoms with van der Waals surface area (Å²) in [7, 11) is 1.73. The first-order valence-corrected chi connectivity index (χ1v) is 9.32. The number of hydrogen-bond acceptors (Lipinski definition) is 4. The number of carbonyl (C=O) groups is 2. The Morgan fingerprint density at radius 1 is 1.25 bits per heavy atom. The molecule has 2 heterocycles. The molecule has 1 atom stereocenters. The van der Waals surface area contributed by atoms with Gasteiger partial charge in [0, 0.05) is 24.9 Å². The predicted octanol–water partition coefficient (Wildman–Crippen LogP) is 2.95. The minimum atomic E-state index is -0.407. The van der Waals surface area contributed by atoms with Crippen LogP contribution in [0.1, 0.15) is 29.0 Å². The normalized spacial score (nSPS) is 16.2. The first-order valence-electron chi connectivity index (χ1n) is 9.32. The van der Waals surface area contributed by atoms with Crippen molar-refractivity contribution < 1.29 is 14.3 Å². The Bertz CT molecular complexity index is 975. The van der Waals surface area contributed by atoms with Crippen molar-refractivity contribution >= 4 is 28.5 Å². The fourth-order valence-corrected chi connectivity index (χ4v) is 3.33. The minimum Gasteiger partial charge on any atom is -0.368 e. The number of aromatic amines is 1. The largest absolute Gasteiger partial charge is 0.368 e. The van der Waals surface area contributed by atoms with Crippen LogP contribution in [-0.2, 0) is 16.1 Å². The Kier molecular flexibility index (Phi) is 5.08. The van der Waals surface area contributed by atoms with Gasteiger partial charge >= 0.3 is 0 Å².